The molecule has 0 saturated heterocycles. The van der Waals surface area contributed by atoms with Gasteiger partial charge in [0.25, 0.3) is 0 Å². The second-order valence-corrected chi connectivity index (χ2v) is 8.94. The second kappa shape index (κ2) is 7.81. The highest BCUT2D eigenvalue weighted by Crippen LogP contribution is 2.21. The zero-order chi connectivity index (χ0) is 17.8. The van der Waals surface area contributed by atoms with Crippen molar-refractivity contribution < 1.29 is 16.8 Å². The summed E-state index contributed by atoms with van der Waals surface area (Å²) in [5.74, 6) is 0. The Morgan fingerprint density at radius 1 is 0.667 bits per heavy atom. The first-order chi connectivity index (χ1) is 11.2. The minimum atomic E-state index is -3.82. The average molecular weight is 409 g/mol. The van der Waals surface area contributed by atoms with Crippen molar-refractivity contribution in [2.75, 3.05) is 13.1 Å². The summed E-state index contributed by atoms with van der Waals surface area (Å²) in [6, 6.07) is 11.9. The van der Waals surface area contributed by atoms with Crippen LogP contribution in [0.25, 0.3) is 0 Å². The van der Waals surface area contributed by atoms with Crippen molar-refractivity contribution in [3.63, 3.8) is 0 Å². The maximum absolute atomic E-state index is 12.1. The molecule has 0 aliphatic carbocycles. The van der Waals surface area contributed by atoms with Gasteiger partial charge >= 0.3 is 0 Å². The Balaban J connectivity index is 1.98. The minimum absolute atomic E-state index is 0.0689. The van der Waals surface area contributed by atoms with Crippen LogP contribution in [0.4, 0.5) is 0 Å². The molecule has 0 aromatic heterocycles. The first kappa shape index (κ1) is 19.2. The van der Waals surface area contributed by atoms with Crippen molar-refractivity contribution in [2.45, 2.75) is 9.79 Å². The lowest BCUT2D eigenvalue weighted by molar-refractivity contribution is 0.570. The molecule has 0 aliphatic rings. The van der Waals surface area contributed by atoms with E-state index in [2.05, 4.69) is 9.44 Å². The predicted octanol–water partition coefficient (Wildman–Crippen LogP) is 2.25. The fourth-order valence-corrected chi connectivity index (χ4v) is 4.95. The molecule has 0 aliphatic heterocycles. The highest BCUT2D eigenvalue weighted by Gasteiger charge is 2.19. The Bertz CT molecular complexity index is 854. The molecular weight excluding hydrogens is 395 g/mol. The van der Waals surface area contributed by atoms with Crippen LogP contribution >= 0.6 is 23.2 Å². The number of hydrogen-bond donors (Lipinski definition) is 2. The van der Waals surface area contributed by atoms with Gasteiger partial charge in [0, 0.05) is 13.1 Å². The quantitative estimate of drug-likeness (QED) is 0.687. The lowest BCUT2D eigenvalue weighted by atomic mass is 10.4. The fraction of sp³-hybridized carbons (Fsp3) is 0.143. The Labute approximate surface area is 150 Å². The van der Waals surface area contributed by atoms with E-state index in [9.17, 15) is 16.8 Å². The third kappa shape index (κ3) is 4.69. The van der Waals surface area contributed by atoms with Crippen molar-refractivity contribution in [1.82, 2.24) is 9.44 Å². The number of halogens is 2. The first-order valence-electron chi connectivity index (χ1n) is 6.72. The van der Waals surface area contributed by atoms with Crippen molar-refractivity contribution in [3.8, 4) is 0 Å². The predicted molar refractivity (Wildman–Crippen MR) is 93.3 cm³/mol. The summed E-state index contributed by atoms with van der Waals surface area (Å²) in [4.78, 5) is -0.138. The fourth-order valence-electron chi connectivity index (χ4n) is 1.85. The summed E-state index contributed by atoms with van der Waals surface area (Å²) in [7, 11) is -7.65. The Morgan fingerprint density at radius 2 is 1.00 bits per heavy atom. The molecule has 0 fully saturated rings. The smallest absolute Gasteiger partial charge is 0.210 e. The molecule has 0 bridgehead atoms. The molecule has 0 spiro atoms. The van der Waals surface area contributed by atoms with Crippen LogP contribution in [0.1, 0.15) is 0 Å². The van der Waals surface area contributed by atoms with E-state index in [-0.39, 0.29) is 32.9 Å². The van der Waals surface area contributed by atoms with Gasteiger partial charge in [0.15, 0.2) is 0 Å². The Kier molecular flexibility index (Phi) is 6.24. The van der Waals surface area contributed by atoms with Gasteiger partial charge in [-0.2, -0.15) is 0 Å². The van der Waals surface area contributed by atoms with E-state index in [1.807, 2.05) is 0 Å². The van der Waals surface area contributed by atoms with Crippen LogP contribution in [-0.2, 0) is 20.0 Å². The van der Waals surface area contributed by atoms with Gasteiger partial charge in [0.1, 0.15) is 9.79 Å². The summed E-state index contributed by atoms with van der Waals surface area (Å²) in [5.41, 5.74) is 0. The molecule has 0 atom stereocenters. The third-order valence-corrected chi connectivity index (χ3v) is 6.88. The van der Waals surface area contributed by atoms with E-state index in [4.69, 9.17) is 23.2 Å². The number of hydrogen-bond acceptors (Lipinski definition) is 4. The molecule has 0 heterocycles. The monoisotopic (exact) mass is 408 g/mol. The van der Waals surface area contributed by atoms with Crippen LogP contribution in [0.15, 0.2) is 58.3 Å². The molecule has 10 heteroatoms. The summed E-state index contributed by atoms with van der Waals surface area (Å²) in [6.07, 6.45) is 0. The molecule has 24 heavy (non-hydrogen) atoms. The molecule has 130 valence electrons. The van der Waals surface area contributed by atoms with Gasteiger partial charge in [-0.25, -0.2) is 26.3 Å². The number of benzene rings is 2. The third-order valence-electron chi connectivity index (χ3n) is 2.96. The topological polar surface area (TPSA) is 92.3 Å². The van der Waals surface area contributed by atoms with Gasteiger partial charge in [-0.1, -0.05) is 47.5 Å². The van der Waals surface area contributed by atoms with E-state index >= 15 is 0 Å². The lowest BCUT2D eigenvalue weighted by Crippen LogP contribution is -2.34. The number of rotatable bonds is 7. The Morgan fingerprint density at radius 3 is 1.33 bits per heavy atom. The minimum Gasteiger partial charge on any atom is -0.210 e. The largest absolute Gasteiger partial charge is 0.242 e. The summed E-state index contributed by atoms with van der Waals surface area (Å²) in [5, 5.41) is 0.170. The number of nitrogens with one attached hydrogen (secondary N) is 2. The van der Waals surface area contributed by atoms with E-state index in [1.54, 1.807) is 24.3 Å². The highest BCUT2D eigenvalue weighted by molar-refractivity contribution is 7.90. The molecule has 6 nitrogen and oxygen atoms in total. The molecule has 0 saturated carbocycles. The van der Waals surface area contributed by atoms with E-state index in [1.165, 1.54) is 24.3 Å². The van der Waals surface area contributed by atoms with E-state index < -0.39 is 20.0 Å². The molecule has 0 amide bonds. The molecule has 0 unspecified atom stereocenters. The normalized spacial score (nSPS) is 12.2. The van der Waals surface area contributed by atoms with Gasteiger partial charge < -0.3 is 0 Å². The van der Waals surface area contributed by atoms with Crippen molar-refractivity contribution in [1.29, 1.82) is 0 Å². The van der Waals surface area contributed by atoms with E-state index in [0.29, 0.717) is 0 Å². The van der Waals surface area contributed by atoms with Gasteiger partial charge in [0.05, 0.1) is 10.0 Å². The molecule has 2 aromatic rings. The van der Waals surface area contributed by atoms with Crippen molar-refractivity contribution in [2.24, 2.45) is 0 Å². The average Bonchev–Trinajstić information content (AvgIpc) is 2.52. The van der Waals surface area contributed by atoms with Crippen molar-refractivity contribution >= 4 is 43.2 Å². The molecule has 2 aromatic carbocycles. The first-order valence-corrected chi connectivity index (χ1v) is 10.4. The molecule has 2 rings (SSSR count). The maximum Gasteiger partial charge on any atom is 0.242 e. The van der Waals surface area contributed by atoms with Crippen molar-refractivity contribution in [3.05, 3.63) is 58.6 Å². The Hall–Kier alpha value is -1.16. The molecular formula is C14H14Cl2N2O4S2. The zero-order valence-electron chi connectivity index (χ0n) is 12.2. The van der Waals surface area contributed by atoms with Gasteiger partial charge in [-0.15, -0.1) is 0 Å². The summed E-state index contributed by atoms with van der Waals surface area (Å²) < 4.78 is 53.0. The lowest BCUT2D eigenvalue weighted by Gasteiger charge is -2.10. The van der Waals surface area contributed by atoms with Gasteiger partial charge in [0.2, 0.25) is 20.0 Å². The molecule has 0 radical (unpaired) electrons. The van der Waals surface area contributed by atoms with Crippen LogP contribution < -0.4 is 9.44 Å². The van der Waals surface area contributed by atoms with Crippen LogP contribution in [0, 0.1) is 0 Å². The van der Waals surface area contributed by atoms with Crippen LogP contribution in [-0.4, -0.2) is 29.9 Å². The maximum atomic E-state index is 12.1. The second-order valence-electron chi connectivity index (χ2n) is 4.66. The summed E-state index contributed by atoms with van der Waals surface area (Å²) >= 11 is 11.7. The summed E-state index contributed by atoms with van der Waals surface area (Å²) in [6.45, 7) is -0.283. The van der Waals surface area contributed by atoms with Gasteiger partial charge in [-0.3, -0.25) is 0 Å². The van der Waals surface area contributed by atoms with Crippen LogP contribution in [0.2, 0.25) is 10.0 Å². The standard InChI is InChI=1S/C14H14Cl2N2O4S2/c15-11-5-1-3-7-13(11)23(19,20)17-9-10-18-24(21,22)14-8-4-2-6-12(14)16/h1-8,17-18H,9-10H2. The van der Waals surface area contributed by atoms with E-state index in [0.717, 1.165) is 0 Å². The SMILES string of the molecule is O=S(=O)(NCCNS(=O)(=O)c1ccccc1Cl)c1ccccc1Cl. The zero-order valence-corrected chi connectivity index (χ0v) is 15.4. The van der Waals surface area contributed by atoms with Gasteiger partial charge in [-0.05, 0) is 24.3 Å². The number of sulfonamides is 2. The van der Waals surface area contributed by atoms with Crippen LogP contribution in [0.5, 0.6) is 0 Å². The molecule has 2 N–H and O–H groups in total. The van der Waals surface area contributed by atoms with Crippen LogP contribution in [0.3, 0.4) is 0 Å². The highest BCUT2D eigenvalue weighted by atomic mass is 35.5.